The maximum absolute atomic E-state index is 14.0. The summed E-state index contributed by atoms with van der Waals surface area (Å²) in [5.74, 6) is 0.377. The van der Waals surface area contributed by atoms with E-state index in [1.54, 1.807) is 38.5 Å². The maximum atomic E-state index is 14.0. The second-order valence-electron chi connectivity index (χ2n) is 9.32. The second kappa shape index (κ2) is 11.7. The minimum Gasteiger partial charge on any atom is -0.496 e. The second-order valence-corrected chi connectivity index (χ2v) is 9.32. The lowest BCUT2D eigenvalue weighted by molar-refractivity contribution is -0.128. The zero-order valence-corrected chi connectivity index (χ0v) is 22.5. The first kappa shape index (κ1) is 27.2. The molecule has 1 aliphatic rings. The van der Waals surface area contributed by atoms with Crippen LogP contribution < -0.4 is 20.3 Å². The molecule has 0 spiro atoms. The summed E-state index contributed by atoms with van der Waals surface area (Å²) in [6.45, 7) is 2.08. The third kappa shape index (κ3) is 5.12. The van der Waals surface area contributed by atoms with Crippen molar-refractivity contribution in [3.8, 4) is 16.9 Å². The number of hydrogen-bond acceptors (Lipinski definition) is 5. The molecule has 0 aliphatic carbocycles. The fourth-order valence-corrected chi connectivity index (χ4v) is 5.02. The average molecular weight is 534 g/mol. The van der Waals surface area contributed by atoms with Crippen LogP contribution in [-0.2, 0) is 22.6 Å². The molecule has 2 unspecified atom stereocenters. The molecular weight excluding hydrogens is 502 g/mol. The van der Waals surface area contributed by atoms with E-state index in [2.05, 4.69) is 22.8 Å². The van der Waals surface area contributed by atoms with E-state index in [4.69, 9.17) is 9.15 Å². The van der Waals surface area contributed by atoms with Crippen LogP contribution in [0, 0.1) is 0 Å². The van der Waals surface area contributed by atoms with Gasteiger partial charge in [0.25, 0.3) is 0 Å². The highest BCUT2D eigenvalue weighted by Gasteiger charge is 2.33. The summed E-state index contributed by atoms with van der Waals surface area (Å²) in [5.41, 5.74) is 4.87. The summed E-state index contributed by atoms with van der Waals surface area (Å²) in [5, 5.41) is 7.96. The SMILES string of the molecule is CNC(C)C(=O)NC1CCc2ccccc2N(Cc2c(OC)ccc3c(-c4ccoc4)cccc23)C1=O.Cl. The molecule has 2 amide bonds. The van der Waals surface area contributed by atoms with Crippen LogP contribution in [0.2, 0.25) is 0 Å². The summed E-state index contributed by atoms with van der Waals surface area (Å²) >= 11 is 0. The van der Waals surface area contributed by atoms with Gasteiger partial charge in [-0.3, -0.25) is 9.59 Å². The third-order valence-electron chi connectivity index (χ3n) is 7.19. The molecule has 7 nitrogen and oxygen atoms in total. The fraction of sp³-hybridized carbons (Fsp3) is 0.267. The minimum atomic E-state index is -0.627. The van der Waals surface area contributed by atoms with Crippen LogP contribution in [0.5, 0.6) is 5.75 Å². The summed E-state index contributed by atoms with van der Waals surface area (Å²) in [4.78, 5) is 28.5. The number of fused-ring (bicyclic) bond motifs is 2. The molecule has 3 aromatic carbocycles. The molecule has 0 saturated carbocycles. The van der Waals surface area contributed by atoms with Crippen LogP contribution in [0.3, 0.4) is 0 Å². The molecule has 4 aromatic rings. The molecule has 2 atom stereocenters. The van der Waals surface area contributed by atoms with Gasteiger partial charge in [0.2, 0.25) is 11.8 Å². The highest BCUT2D eigenvalue weighted by atomic mass is 35.5. The molecule has 1 aliphatic heterocycles. The number of carbonyl (C=O) groups excluding carboxylic acids is 2. The van der Waals surface area contributed by atoms with E-state index < -0.39 is 12.1 Å². The molecule has 2 heterocycles. The lowest BCUT2D eigenvalue weighted by atomic mass is 9.96. The van der Waals surface area contributed by atoms with Gasteiger partial charge in [0.05, 0.1) is 32.2 Å². The molecule has 8 heteroatoms. The molecule has 0 bridgehead atoms. The maximum Gasteiger partial charge on any atom is 0.249 e. The number of aryl methyl sites for hydroxylation is 1. The van der Waals surface area contributed by atoms with E-state index in [0.717, 1.165) is 38.7 Å². The van der Waals surface area contributed by atoms with E-state index in [9.17, 15) is 9.59 Å². The molecule has 0 fully saturated rings. The number of benzene rings is 3. The van der Waals surface area contributed by atoms with Crippen molar-refractivity contribution in [2.75, 3.05) is 19.1 Å². The van der Waals surface area contributed by atoms with Gasteiger partial charge >= 0.3 is 0 Å². The van der Waals surface area contributed by atoms with Crippen molar-refractivity contribution in [2.45, 2.75) is 38.4 Å². The van der Waals surface area contributed by atoms with Crippen molar-refractivity contribution in [3.05, 3.63) is 84.3 Å². The molecule has 1 aromatic heterocycles. The monoisotopic (exact) mass is 533 g/mol. The highest BCUT2D eigenvalue weighted by molar-refractivity contribution is 6.03. The summed E-state index contributed by atoms with van der Waals surface area (Å²) in [6.07, 6.45) is 4.61. The topological polar surface area (TPSA) is 83.8 Å². The van der Waals surface area contributed by atoms with E-state index >= 15 is 0 Å². The van der Waals surface area contributed by atoms with Crippen LogP contribution in [-0.4, -0.2) is 38.1 Å². The van der Waals surface area contributed by atoms with E-state index in [0.29, 0.717) is 25.1 Å². The first-order valence-electron chi connectivity index (χ1n) is 12.5. The lowest BCUT2D eigenvalue weighted by Crippen LogP contribution is -2.52. The quantitative estimate of drug-likeness (QED) is 0.345. The van der Waals surface area contributed by atoms with Crippen molar-refractivity contribution < 1.29 is 18.7 Å². The predicted octanol–water partition coefficient (Wildman–Crippen LogP) is 5.10. The number of likely N-dealkylation sites (N-methyl/N-ethyl adjacent to an activating group) is 1. The Hall–Kier alpha value is -3.81. The van der Waals surface area contributed by atoms with Gasteiger partial charge in [0.1, 0.15) is 11.8 Å². The first-order chi connectivity index (χ1) is 18.0. The Labute approximate surface area is 228 Å². The fourth-order valence-electron chi connectivity index (χ4n) is 5.02. The normalized spacial score (nSPS) is 15.8. The molecule has 198 valence electrons. The number of amides is 2. The zero-order valence-electron chi connectivity index (χ0n) is 21.7. The molecular formula is C30H32ClN3O4. The number of ether oxygens (including phenoxy) is 1. The average Bonchev–Trinajstić information content (AvgIpc) is 3.43. The van der Waals surface area contributed by atoms with Crippen LogP contribution in [0.1, 0.15) is 24.5 Å². The highest BCUT2D eigenvalue weighted by Crippen LogP contribution is 2.37. The van der Waals surface area contributed by atoms with Crippen molar-refractivity contribution in [3.63, 3.8) is 0 Å². The smallest absolute Gasteiger partial charge is 0.249 e. The van der Waals surface area contributed by atoms with Gasteiger partial charge < -0.3 is 24.7 Å². The van der Waals surface area contributed by atoms with Crippen molar-refractivity contribution in [2.24, 2.45) is 0 Å². The number of nitrogens with zero attached hydrogens (tertiary/aromatic N) is 1. The largest absolute Gasteiger partial charge is 0.496 e. The van der Waals surface area contributed by atoms with Crippen LogP contribution in [0.25, 0.3) is 21.9 Å². The molecule has 5 rings (SSSR count). The van der Waals surface area contributed by atoms with Crippen LogP contribution >= 0.6 is 12.4 Å². The standard InChI is InChI=1S/C30H31N3O4.ClH/c1-19(31-2)29(34)32-26-13-11-20-7-4-5-10-27(20)33(30(26)35)17-25-23-9-6-8-22(21-15-16-37-18-21)24(23)12-14-28(25)36-3;/h4-10,12,14-16,18-19,26,31H,11,13,17H2,1-3H3,(H,32,34);1H. The van der Waals surface area contributed by atoms with E-state index in [1.165, 1.54) is 0 Å². The zero-order chi connectivity index (χ0) is 25.9. The van der Waals surface area contributed by atoms with Gasteiger partial charge in [0, 0.05) is 16.8 Å². The molecule has 2 N–H and O–H groups in total. The number of rotatable bonds is 7. The van der Waals surface area contributed by atoms with Crippen molar-refractivity contribution in [1.29, 1.82) is 0 Å². The van der Waals surface area contributed by atoms with E-state index in [-0.39, 0.29) is 24.2 Å². The number of para-hydroxylation sites is 1. The van der Waals surface area contributed by atoms with Gasteiger partial charge in [-0.25, -0.2) is 0 Å². The minimum absolute atomic E-state index is 0. The third-order valence-corrected chi connectivity index (χ3v) is 7.19. The summed E-state index contributed by atoms with van der Waals surface area (Å²) in [6, 6.07) is 19.0. The van der Waals surface area contributed by atoms with E-state index in [1.807, 2.05) is 48.5 Å². The number of furan rings is 1. The van der Waals surface area contributed by atoms with Crippen LogP contribution in [0.15, 0.2) is 77.6 Å². The number of hydrogen-bond donors (Lipinski definition) is 2. The summed E-state index contributed by atoms with van der Waals surface area (Å²) in [7, 11) is 3.37. The van der Waals surface area contributed by atoms with Crippen molar-refractivity contribution in [1.82, 2.24) is 10.6 Å². The Morgan fingerprint density at radius 2 is 1.92 bits per heavy atom. The Balaban J connectivity index is 0.00000336. The summed E-state index contributed by atoms with van der Waals surface area (Å²) < 4.78 is 11.1. The van der Waals surface area contributed by atoms with Gasteiger partial charge in [-0.1, -0.05) is 42.5 Å². The Bertz CT molecular complexity index is 1440. The first-order valence-corrected chi connectivity index (χ1v) is 12.5. The number of methoxy groups -OCH3 is 1. The van der Waals surface area contributed by atoms with Gasteiger partial charge in [-0.2, -0.15) is 0 Å². The Kier molecular flexibility index (Phi) is 8.39. The number of carbonyl (C=O) groups is 2. The number of halogens is 1. The molecule has 0 radical (unpaired) electrons. The molecule has 38 heavy (non-hydrogen) atoms. The number of nitrogens with one attached hydrogen (secondary N) is 2. The molecule has 0 saturated heterocycles. The predicted molar refractivity (Wildman–Crippen MR) is 152 cm³/mol. The Morgan fingerprint density at radius 3 is 2.66 bits per heavy atom. The van der Waals surface area contributed by atoms with Gasteiger partial charge in [-0.05, 0) is 66.9 Å². The Morgan fingerprint density at radius 1 is 1.11 bits per heavy atom. The van der Waals surface area contributed by atoms with Crippen molar-refractivity contribution >= 4 is 40.7 Å². The number of anilines is 1. The lowest BCUT2D eigenvalue weighted by Gasteiger charge is -2.28. The van der Waals surface area contributed by atoms with Crippen LogP contribution in [0.4, 0.5) is 5.69 Å². The van der Waals surface area contributed by atoms with Gasteiger partial charge in [0.15, 0.2) is 0 Å². The van der Waals surface area contributed by atoms with Gasteiger partial charge in [-0.15, -0.1) is 12.4 Å².